The molecule has 4 aromatic rings. The van der Waals surface area contributed by atoms with Gasteiger partial charge in [0.25, 0.3) is 0 Å². The smallest absolute Gasteiger partial charge is 0.328 e. The maximum absolute atomic E-state index is 12.5. The van der Waals surface area contributed by atoms with Crippen LogP contribution in [0.5, 0.6) is 11.5 Å². The summed E-state index contributed by atoms with van der Waals surface area (Å²) in [4.78, 5) is 23.8. The van der Waals surface area contributed by atoms with Crippen LogP contribution in [0.1, 0.15) is 49.1 Å². The van der Waals surface area contributed by atoms with Gasteiger partial charge in [0.2, 0.25) is 0 Å². The predicted molar refractivity (Wildman–Crippen MR) is 130 cm³/mol. The number of aryl methyl sites for hydroxylation is 1. The second kappa shape index (κ2) is 9.10. The highest BCUT2D eigenvalue weighted by Crippen LogP contribution is 2.29. The van der Waals surface area contributed by atoms with E-state index in [9.17, 15) is 4.79 Å². The van der Waals surface area contributed by atoms with Crippen LogP contribution in [0, 0.1) is 12.8 Å². The monoisotopic (exact) mass is 443 g/mol. The molecule has 0 unspecified atom stereocenters. The van der Waals surface area contributed by atoms with E-state index in [2.05, 4.69) is 33.2 Å². The highest BCUT2D eigenvalue weighted by molar-refractivity contribution is 5.81. The fourth-order valence-electron chi connectivity index (χ4n) is 4.80. The van der Waals surface area contributed by atoms with Gasteiger partial charge in [-0.3, -0.25) is 4.57 Å². The zero-order valence-electron chi connectivity index (χ0n) is 18.9. The van der Waals surface area contributed by atoms with Crippen molar-refractivity contribution in [1.29, 1.82) is 0 Å². The second-order valence-corrected chi connectivity index (χ2v) is 8.98. The van der Waals surface area contributed by atoms with Crippen LogP contribution >= 0.6 is 0 Å². The zero-order chi connectivity index (χ0) is 22.8. The lowest BCUT2D eigenvalue weighted by molar-refractivity contribution is 0.356. The maximum atomic E-state index is 12.5. The number of nitrogens with two attached hydrogens (primary N) is 1. The summed E-state index contributed by atoms with van der Waals surface area (Å²) in [7, 11) is 0. The third-order valence-electron chi connectivity index (χ3n) is 6.38. The summed E-state index contributed by atoms with van der Waals surface area (Å²) in [6.45, 7) is 2.11. The molecular formula is C26H29N5O2. The second-order valence-electron chi connectivity index (χ2n) is 8.98. The van der Waals surface area contributed by atoms with Crippen molar-refractivity contribution in [2.45, 2.75) is 52.0 Å². The molecule has 7 heteroatoms. The Hall–Kier alpha value is -3.61. The number of aromatic amines is 1. The van der Waals surface area contributed by atoms with E-state index in [1.165, 1.54) is 37.7 Å². The van der Waals surface area contributed by atoms with Crippen LogP contribution in [0.3, 0.4) is 0 Å². The maximum Gasteiger partial charge on any atom is 0.328 e. The van der Waals surface area contributed by atoms with Gasteiger partial charge in [-0.1, -0.05) is 56.4 Å². The number of anilines is 1. The van der Waals surface area contributed by atoms with Crippen molar-refractivity contribution >= 4 is 17.0 Å². The fraction of sp³-hybridized carbons (Fsp3) is 0.346. The summed E-state index contributed by atoms with van der Waals surface area (Å²) < 4.78 is 7.76. The molecule has 1 aliphatic rings. The Morgan fingerprint density at radius 1 is 1.03 bits per heavy atom. The van der Waals surface area contributed by atoms with E-state index in [0.29, 0.717) is 23.5 Å². The van der Waals surface area contributed by atoms with Crippen molar-refractivity contribution in [3.63, 3.8) is 0 Å². The molecule has 5 rings (SSSR count). The normalized spacial score (nSPS) is 14.6. The molecule has 33 heavy (non-hydrogen) atoms. The van der Waals surface area contributed by atoms with Gasteiger partial charge in [0.05, 0.1) is 6.54 Å². The Morgan fingerprint density at radius 2 is 1.73 bits per heavy atom. The number of aromatic nitrogens is 4. The summed E-state index contributed by atoms with van der Waals surface area (Å²) in [5, 5.41) is 0. The lowest BCUT2D eigenvalue weighted by Gasteiger charge is -2.21. The molecule has 0 radical (unpaired) electrons. The summed E-state index contributed by atoms with van der Waals surface area (Å²) in [5.74, 6) is 3.16. The third-order valence-corrected chi connectivity index (χ3v) is 6.38. The van der Waals surface area contributed by atoms with E-state index in [1.54, 1.807) is 11.5 Å². The van der Waals surface area contributed by atoms with Gasteiger partial charge in [-0.2, -0.15) is 0 Å². The minimum absolute atomic E-state index is 0.265. The molecule has 0 aliphatic heterocycles. The van der Waals surface area contributed by atoms with Gasteiger partial charge in [-0.25, -0.2) is 14.8 Å². The summed E-state index contributed by atoms with van der Waals surface area (Å²) in [5.41, 5.74) is 8.93. The minimum atomic E-state index is -0.265. The minimum Gasteiger partial charge on any atom is -0.457 e. The number of nitrogens with one attached hydrogen (secondary N) is 1. The van der Waals surface area contributed by atoms with Crippen LogP contribution in [0.15, 0.2) is 53.3 Å². The third kappa shape index (κ3) is 4.77. The van der Waals surface area contributed by atoms with Gasteiger partial charge in [-0.05, 0) is 54.7 Å². The highest BCUT2D eigenvalue weighted by atomic mass is 16.5. The van der Waals surface area contributed by atoms with Crippen LogP contribution in [-0.4, -0.2) is 19.5 Å². The molecule has 1 fully saturated rings. The molecule has 1 saturated carbocycles. The lowest BCUT2D eigenvalue weighted by atomic mass is 9.85. The van der Waals surface area contributed by atoms with Crippen LogP contribution in [0.4, 0.5) is 5.82 Å². The summed E-state index contributed by atoms with van der Waals surface area (Å²) in [6.07, 6.45) is 7.86. The number of hydrogen-bond donors (Lipinski definition) is 2. The SMILES string of the molecule is Cc1nc(N)c2[nH]c(=O)n(Cc3cccc(Oc4cccc(CC5CCCCC5)c4)c3)c2n1. The first-order valence-electron chi connectivity index (χ1n) is 11.6. The van der Waals surface area contributed by atoms with Gasteiger partial charge in [-0.15, -0.1) is 0 Å². The van der Waals surface area contributed by atoms with Crippen LogP contribution in [-0.2, 0) is 13.0 Å². The predicted octanol–water partition coefficient (Wildman–Crippen LogP) is 4.97. The van der Waals surface area contributed by atoms with Crippen LogP contribution < -0.4 is 16.2 Å². The Balaban J connectivity index is 1.34. The number of nitrogen functional groups attached to an aromatic ring is 1. The Bertz CT molecular complexity index is 1330. The molecule has 170 valence electrons. The lowest BCUT2D eigenvalue weighted by Crippen LogP contribution is -2.17. The van der Waals surface area contributed by atoms with Crippen molar-refractivity contribution in [3.05, 3.63) is 76.0 Å². The fourth-order valence-corrected chi connectivity index (χ4v) is 4.80. The standard InChI is InChI=1S/C26H29N5O2/c1-17-28-24(27)23-25(29-17)31(26(32)30-23)16-20-10-6-12-22(15-20)33-21-11-5-9-19(14-21)13-18-7-3-2-4-8-18/h5-6,9-12,14-15,18H,2-4,7-8,13,16H2,1H3,(H,30,32)(H2,27,28,29). The van der Waals surface area contributed by atoms with E-state index in [0.717, 1.165) is 29.4 Å². The first-order valence-corrected chi connectivity index (χ1v) is 11.6. The molecule has 0 bridgehead atoms. The van der Waals surface area contributed by atoms with E-state index in [1.807, 2.05) is 30.3 Å². The number of rotatable bonds is 6. The molecule has 2 heterocycles. The van der Waals surface area contributed by atoms with E-state index < -0.39 is 0 Å². The Labute approximate surface area is 192 Å². The molecule has 2 aromatic heterocycles. The molecule has 0 amide bonds. The molecule has 2 aromatic carbocycles. The number of benzene rings is 2. The van der Waals surface area contributed by atoms with Gasteiger partial charge in [0.1, 0.15) is 22.8 Å². The zero-order valence-corrected chi connectivity index (χ0v) is 18.9. The average molecular weight is 444 g/mol. The average Bonchev–Trinajstić information content (AvgIpc) is 3.11. The number of hydrogen-bond acceptors (Lipinski definition) is 5. The highest BCUT2D eigenvalue weighted by Gasteiger charge is 2.15. The topological polar surface area (TPSA) is 98.8 Å². The van der Waals surface area contributed by atoms with Crippen LogP contribution in [0.25, 0.3) is 11.2 Å². The van der Waals surface area contributed by atoms with Crippen molar-refractivity contribution in [2.75, 3.05) is 5.73 Å². The van der Waals surface area contributed by atoms with Gasteiger partial charge in [0.15, 0.2) is 11.5 Å². The Morgan fingerprint density at radius 3 is 2.48 bits per heavy atom. The molecule has 0 atom stereocenters. The summed E-state index contributed by atoms with van der Waals surface area (Å²) in [6, 6.07) is 16.2. The molecule has 1 aliphatic carbocycles. The number of nitrogens with zero attached hydrogens (tertiary/aromatic N) is 3. The number of fused-ring (bicyclic) bond motifs is 1. The summed E-state index contributed by atoms with van der Waals surface area (Å²) >= 11 is 0. The van der Waals surface area contributed by atoms with E-state index in [-0.39, 0.29) is 11.5 Å². The molecule has 7 nitrogen and oxygen atoms in total. The number of H-pyrrole nitrogens is 1. The molecular weight excluding hydrogens is 414 g/mol. The van der Waals surface area contributed by atoms with Crippen molar-refractivity contribution in [3.8, 4) is 11.5 Å². The number of imidazole rings is 1. The van der Waals surface area contributed by atoms with Crippen molar-refractivity contribution in [1.82, 2.24) is 19.5 Å². The van der Waals surface area contributed by atoms with Gasteiger partial charge in [0, 0.05) is 0 Å². The first kappa shape index (κ1) is 21.2. The Kier molecular flexibility index (Phi) is 5.86. The first-order chi connectivity index (χ1) is 16.0. The number of ether oxygens (including phenoxy) is 1. The van der Waals surface area contributed by atoms with Crippen molar-refractivity contribution in [2.24, 2.45) is 5.92 Å². The molecule has 0 saturated heterocycles. The van der Waals surface area contributed by atoms with Gasteiger partial charge < -0.3 is 15.5 Å². The molecule has 3 N–H and O–H groups in total. The van der Waals surface area contributed by atoms with Gasteiger partial charge >= 0.3 is 5.69 Å². The quantitative estimate of drug-likeness (QED) is 0.438. The molecule has 0 spiro atoms. The van der Waals surface area contributed by atoms with Crippen molar-refractivity contribution < 1.29 is 4.74 Å². The van der Waals surface area contributed by atoms with E-state index >= 15 is 0 Å². The van der Waals surface area contributed by atoms with Crippen LogP contribution in [0.2, 0.25) is 0 Å². The van der Waals surface area contributed by atoms with E-state index in [4.69, 9.17) is 10.5 Å². The largest absolute Gasteiger partial charge is 0.457 e.